The molecule has 0 aromatic heterocycles. The molecule has 0 saturated carbocycles. The van der Waals surface area contributed by atoms with Crippen molar-refractivity contribution in [3.8, 4) is 0 Å². The van der Waals surface area contributed by atoms with E-state index in [0.29, 0.717) is 19.5 Å². The van der Waals surface area contributed by atoms with Crippen molar-refractivity contribution in [2.75, 3.05) is 25.1 Å². The van der Waals surface area contributed by atoms with Crippen LogP contribution in [0.1, 0.15) is 26.7 Å². The minimum absolute atomic E-state index is 0.0616. The monoisotopic (exact) mass is 264 g/mol. The van der Waals surface area contributed by atoms with Crippen LogP contribution in [-0.2, 0) is 9.53 Å². The zero-order valence-electron chi connectivity index (χ0n) is 12.1. The van der Waals surface area contributed by atoms with Crippen LogP contribution in [0.15, 0.2) is 30.3 Å². The van der Waals surface area contributed by atoms with Crippen LogP contribution in [0, 0.1) is 0 Å². The van der Waals surface area contributed by atoms with E-state index in [9.17, 15) is 4.79 Å². The molecular formula is C15H24N2O2. The van der Waals surface area contributed by atoms with Gasteiger partial charge in [0.1, 0.15) is 0 Å². The zero-order chi connectivity index (χ0) is 14.3. The lowest BCUT2D eigenvalue weighted by Gasteiger charge is -2.28. The summed E-state index contributed by atoms with van der Waals surface area (Å²) in [6.45, 7) is 5.04. The van der Waals surface area contributed by atoms with Gasteiger partial charge in [0.25, 0.3) is 0 Å². The van der Waals surface area contributed by atoms with Crippen LogP contribution in [0.2, 0.25) is 0 Å². The van der Waals surface area contributed by atoms with E-state index in [-0.39, 0.29) is 5.91 Å². The molecule has 0 unspecified atom stereocenters. The predicted molar refractivity (Wildman–Crippen MR) is 78.2 cm³/mol. The second kappa shape index (κ2) is 7.26. The molecule has 1 aromatic rings. The maximum Gasteiger partial charge on any atom is 0.229 e. The van der Waals surface area contributed by atoms with Gasteiger partial charge in [-0.2, -0.15) is 0 Å². The molecule has 4 heteroatoms. The lowest BCUT2D eigenvalue weighted by Crippen LogP contribution is -2.38. The molecular weight excluding hydrogens is 240 g/mol. The lowest BCUT2D eigenvalue weighted by atomic mass is 10.0. The number of rotatable bonds is 7. The summed E-state index contributed by atoms with van der Waals surface area (Å²) in [4.78, 5) is 14.2. The molecule has 0 aliphatic rings. The van der Waals surface area contributed by atoms with E-state index in [1.54, 1.807) is 12.0 Å². The largest absolute Gasteiger partial charge is 0.378 e. The maximum absolute atomic E-state index is 12.4. The second-order valence-electron chi connectivity index (χ2n) is 5.16. The van der Waals surface area contributed by atoms with E-state index in [0.717, 1.165) is 12.1 Å². The van der Waals surface area contributed by atoms with Crippen molar-refractivity contribution in [3.05, 3.63) is 30.3 Å². The van der Waals surface area contributed by atoms with E-state index in [1.165, 1.54) is 0 Å². The highest BCUT2D eigenvalue weighted by Gasteiger charge is 2.25. The Morgan fingerprint density at radius 3 is 2.47 bits per heavy atom. The van der Waals surface area contributed by atoms with Crippen molar-refractivity contribution in [3.63, 3.8) is 0 Å². The van der Waals surface area contributed by atoms with Crippen LogP contribution in [0.25, 0.3) is 0 Å². The van der Waals surface area contributed by atoms with Gasteiger partial charge in [0.2, 0.25) is 5.91 Å². The number of nitrogens with two attached hydrogens (primary N) is 1. The number of nitrogens with zero attached hydrogens (tertiary/aromatic N) is 1. The number of anilines is 1. The number of amides is 1. The standard InChI is InChI=1S/C15H24N2O2/c1-15(2,19-3)12-14(18)17(11-7-10-16)13-8-5-4-6-9-13/h4-6,8-9H,7,10-12,16H2,1-3H3. The van der Waals surface area contributed by atoms with E-state index >= 15 is 0 Å². The highest BCUT2D eigenvalue weighted by molar-refractivity contribution is 5.93. The first-order valence-corrected chi connectivity index (χ1v) is 6.61. The normalized spacial score (nSPS) is 11.4. The molecule has 0 aliphatic heterocycles. The van der Waals surface area contributed by atoms with Gasteiger partial charge in [-0.15, -0.1) is 0 Å². The molecule has 1 rings (SSSR count). The third-order valence-corrected chi connectivity index (χ3v) is 3.08. The summed E-state index contributed by atoms with van der Waals surface area (Å²) in [7, 11) is 1.63. The van der Waals surface area contributed by atoms with Crippen LogP contribution in [0.4, 0.5) is 5.69 Å². The number of methoxy groups -OCH3 is 1. The number of benzene rings is 1. The lowest BCUT2D eigenvalue weighted by molar-refractivity contribution is -0.123. The Morgan fingerprint density at radius 2 is 1.95 bits per heavy atom. The second-order valence-corrected chi connectivity index (χ2v) is 5.16. The van der Waals surface area contributed by atoms with Crippen LogP contribution < -0.4 is 10.6 Å². The fourth-order valence-electron chi connectivity index (χ4n) is 1.79. The summed E-state index contributed by atoms with van der Waals surface area (Å²) in [5.41, 5.74) is 6.00. The highest BCUT2D eigenvalue weighted by atomic mass is 16.5. The molecule has 2 N–H and O–H groups in total. The average molecular weight is 264 g/mol. The smallest absolute Gasteiger partial charge is 0.229 e. The van der Waals surface area contributed by atoms with Crippen LogP contribution in [0.5, 0.6) is 0 Å². The quantitative estimate of drug-likeness (QED) is 0.821. The summed E-state index contributed by atoms with van der Waals surface area (Å²) < 4.78 is 5.33. The molecule has 0 fully saturated rings. The molecule has 0 atom stereocenters. The summed E-state index contributed by atoms with van der Waals surface area (Å²) in [6, 6.07) is 9.68. The summed E-state index contributed by atoms with van der Waals surface area (Å²) in [6.07, 6.45) is 1.14. The predicted octanol–water partition coefficient (Wildman–Crippen LogP) is 2.18. The number of para-hydroxylation sites is 1. The van der Waals surface area contributed by atoms with Gasteiger partial charge in [-0.1, -0.05) is 18.2 Å². The molecule has 19 heavy (non-hydrogen) atoms. The molecule has 0 bridgehead atoms. The molecule has 1 amide bonds. The van der Waals surface area contributed by atoms with Gasteiger partial charge < -0.3 is 15.4 Å². The molecule has 0 spiro atoms. The van der Waals surface area contributed by atoms with Crippen LogP contribution >= 0.6 is 0 Å². The molecule has 1 aromatic carbocycles. The van der Waals surface area contributed by atoms with Gasteiger partial charge in [0.05, 0.1) is 12.0 Å². The Kier molecular flexibility index (Phi) is 5.99. The van der Waals surface area contributed by atoms with Gasteiger partial charge >= 0.3 is 0 Å². The van der Waals surface area contributed by atoms with E-state index in [2.05, 4.69) is 0 Å². The molecule has 0 radical (unpaired) electrons. The van der Waals surface area contributed by atoms with E-state index in [4.69, 9.17) is 10.5 Å². The van der Waals surface area contributed by atoms with Crippen molar-refractivity contribution in [2.45, 2.75) is 32.3 Å². The average Bonchev–Trinajstić information content (AvgIpc) is 2.40. The SMILES string of the molecule is COC(C)(C)CC(=O)N(CCCN)c1ccccc1. The number of hydrogen-bond donors (Lipinski definition) is 1. The van der Waals surface area contributed by atoms with Crippen LogP contribution in [0.3, 0.4) is 0 Å². The summed E-state index contributed by atoms with van der Waals surface area (Å²) in [5.74, 6) is 0.0616. The topological polar surface area (TPSA) is 55.6 Å². The van der Waals surface area contributed by atoms with E-state index < -0.39 is 5.60 Å². The maximum atomic E-state index is 12.4. The van der Waals surface area contributed by atoms with Crippen LogP contribution in [-0.4, -0.2) is 31.7 Å². The number of ether oxygens (including phenoxy) is 1. The van der Waals surface area contributed by atoms with Crippen molar-refractivity contribution in [2.24, 2.45) is 5.73 Å². The number of hydrogen-bond acceptors (Lipinski definition) is 3. The Labute approximate surface area is 115 Å². The van der Waals surface area contributed by atoms with Crippen molar-refractivity contribution >= 4 is 11.6 Å². The third-order valence-electron chi connectivity index (χ3n) is 3.08. The van der Waals surface area contributed by atoms with Gasteiger partial charge in [-0.05, 0) is 38.9 Å². The summed E-state index contributed by atoms with van der Waals surface area (Å²) in [5, 5.41) is 0. The van der Waals surface area contributed by atoms with E-state index in [1.807, 2.05) is 44.2 Å². The van der Waals surface area contributed by atoms with Crippen molar-refractivity contribution < 1.29 is 9.53 Å². The Hall–Kier alpha value is -1.39. The van der Waals surface area contributed by atoms with Crippen molar-refractivity contribution in [1.82, 2.24) is 0 Å². The minimum atomic E-state index is -0.452. The molecule has 0 heterocycles. The molecule has 0 saturated heterocycles. The minimum Gasteiger partial charge on any atom is -0.378 e. The number of carbonyl (C=O) groups excluding carboxylic acids is 1. The highest BCUT2D eigenvalue weighted by Crippen LogP contribution is 2.20. The number of carbonyl (C=O) groups is 1. The van der Waals surface area contributed by atoms with Gasteiger partial charge in [-0.3, -0.25) is 4.79 Å². The zero-order valence-corrected chi connectivity index (χ0v) is 12.1. The summed E-state index contributed by atoms with van der Waals surface area (Å²) >= 11 is 0. The van der Waals surface area contributed by atoms with Gasteiger partial charge in [0, 0.05) is 19.3 Å². The first-order chi connectivity index (χ1) is 9.00. The Balaban J connectivity index is 2.82. The Morgan fingerprint density at radius 1 is 1.32 bits per heavy atom. The molecule has 0 aliphatic carbocycles. The van der Waals surface area contributed by atoms with Gasteiger partial charge in [0.15, 0.2) is 0 Å². The molecule has 4 nitrogen and oxygen atoms in total. The molecule has 106 valence electrons. The van der Waals surface area contributed by atoms with Crippen molar-refractivity contribution in [1.29, 1.82) is 0 Å². The Bertz CT molecular complexity index is 390. The fraction of sp³-hybridized carbons (Fsp3) is 0.533. The third kappa shape index (κ3) is 5.01. The first kappa shape index (κ1) is 15.7. The fourth-order valence-corrected chi connectivity index (χ4v) is 1.79. The van der Waals surface area contributed by atoms with Gasteiger partial charge in [-0.25, -0.2) is 0 Å². The first-order valence-electron chi connectivity index (χ1n) is 6.61.